The fourth-order valence-corrected chi connectivity index (χ4v) is 3.34. The summed E-state index contributed by atoms with van der Waals surface area (Å²) in [5, 5.41) is 12.8. The Balaban J connectivity index is 1.82. The molecular weight excluding hydrogens is 256 g/mol. The van der Waals surface area contributed by atoms with E-state index in [1.807, 2.05) is 11.8 Å². The van der Waals surface area contributed by atoms with Crippen molar-refractivity contribution >= 4 is 11.8 Å². The molecule has 2 nitrogen and oxygen atoms in total. The van der Waals surface area contributed by atoms with Crippen molar-refractivity contribution in [1.82, 2.24) is 5.32 Å². The molecule has 0 spiro atoms. The minimum atomic E-state index is -0.904. The molecule has 2 N–H and O–H groups in total. The van der Waals surface area contributed by atoms with Crippen molar-refractivity contribution in [2.24, 2.45) is 0 Å². The lowest BCUT2D eigenvalue weighted by atomic mass is 10.1. The molecule has 1 atom stereocenters. The van der Waals surface area contributed by atoms with Gasteiger partial charge in [-0.25, -0.2) is 8.78 Å². The number of thioether (sulfide) groups is 1. The van der Waals surface area contributed by atoms with Crippen molar-refractivity contribution in [2.45, 2.75) is 31.1 Å². The van der Waals surface area contributed by atoms with Gasteiger partial charge in [-0.15, -0.1) is 0 Å². The Hall–Kier alpha value is -0.810. The lowest BCUT2D eigenvalue weighted by Gasteiger charge is -2.21. The van der Waals surface area contributed by atoms with Crippen LogP contribution in [0.25, 0.3) is 0 Å². The van der Waals surface area contributed by atoms with Gasteiger partial charge >= 0.3 is 0 Å². The van der Waals surface area contributed by atoms with Crippen LogP contribution in [0.4, 0.5) is 8.78 Å². The highest BCUT2D eigenvalue weighted by atomic mass is 32.2. The smallest absolute Gasteiger partial charge is 0.187 e. The fourth-order valence-electron chi connectivity index (χ4n) is 2.07. The quantitative estimate of drug-likeness (QED) is 0.884. The van der Waals surface area contributed by atoms with E-state index in [4.69, 9.17) is 5.11 Å². The Morgan fingerprint density at radius 2 is 2.00 bits per heavy atom. The standard InChI is InChI=1S/C13H17F2NOS/c14-11-5-9(6-12(15)13(11)17)7-16-8-10-3-1-2-4-18-10/h5-6,10,16-17H,1-4,7-8H2. The molecule has 0 saturated carbocycles. The van der Waals surface area contributed by atoms with Crippen molar-refractivity contribution in [3.05, 3.63) is 29.3 Å². The van der Waals surface area contributed by atoms with E-state index in [9.17, 15) is 8.78 Å². The second kappa shape index (κ2) is 6.38. The summed E-state index contributed by atoms with van der Waals surface area (Å²) in [7, 11) is 0. The highest BCUT2D eigenvalue weighted by Gasteiger charge is 2.14. The Bertz CT molecular complexity index is 385. The molecule has 100 valence electrons. The molecule has 2 rings (SSSR count). The molecule has 1 aliphatic heterocycles. The average Bonchev–Trinajstić information content (AvgIpc) is 2.37. The molecule has 1 saturated heterocycles. The number of hydrogen-bond acceptors (Lipinski definition) is 3. The number of hydrogen-bond donors (Lipinski definition) is 2. The SMILES string of the molecule is Oc1c(F)cc(CNCC2CCCCS2)cc1F. The molecule has 5 heteroatoms. The molecule has 1 heterocycles. The maximum absolute atomic E-state index is 13.1. The molecule has 0 bridgehead atoms. The average molecular weight is 273 g/mol. The van der Waals surface area contributed by atoms with Crippen molar-refractivity contribution in [3.8, 4) is 5.75 Å². The first-order valence-corrected chi connectivity index (χ1v) is 7.21. The lowest BCUT2D eigenvalue weighted by Crippen LogP contribution is -2.26. The first kappa shape index (κ1) is 13.6. The van der Waals surface area contributed by atoms with Crippen LogP contribution < -0.4 is 5.32 Å². The largest absolute Gasteiger partial charge is 0.503 e. The zero-order chi connectivity index (χ0) is 13.0. The van der Waals surface area contributed by atoms with Crippen LogP contribution in [0.15, 0.2) is 12.1 Å². The van der Waals surface area contributed by atoms with E-state index >= 15 is 0 Å². The zero-order valence-corrected chi connectivity index (χ0v) is 10.9. The van der Waals surface area contributed by atoms with E-state index in [0.29, 0.717) is 17.4 Å². The van der Waals surface area contributed by atoms with Gasteiger partial charge in [0, 0.05) is 18.3 Å². The number of nitrogens with one attached hydrogen (secondary N) is 1. The Morgan fingerprint density at radius 3 is 2.61 bits per heavy atom. The number of phenolic OH excluding ortho intramolecular Hbond substituents is 1. The summed E-state index contributed by atoms with van der Waals surface area (Å²) in [5.41, 5.74) is 0.517. The highest BCUT2D eigenvalue weighted by Crippen LogP contribution is 2.24. The molecule has 1 fully saturated rings. The minimum absolute atomic E-state index is 0.422. The fraction of sp³-hybridized carbons (Fsp3) is 0.538. The normalized spacial score (nSPS) is 20.0. The van der Waals surface area contributed by atoms with Gasteiger partial charge in [0.1, 0.15) is 0 Å². The molecule has 0 aliphatic carbocycles. The zero-order valence-electron chi connectivity index (χ0n) is 10.1. The Labute approximate surface area is 110 Å². The van der Waals surface area contributed by atoms with Gasteiger partial charge in [-0.05, 0) is 36.3 Å². The first-order valence-electron chi connectivity index (χ1n) is 6.16. The first-order chi connectivity index (χ1) is 8.66. The Kier molecular flexibility index (Phi) is 4.83. The summed E-state index contributed by atoms with van der Waals surface area (Å²) in [6, 6.07) is 2.33. The molecule has 1 unspecified atom stereocenters. The molecule has 1 aromatic carbocycles. The van der Waals surface area contributed by atoms with Crippen molar-refractivity contribution < 1.29 is 13.9 Å². The van der Waals surface area contributed by atoms with Gasteiger partial charge in [0.2, 0.25) is 0 Å². The lowest BCUT2D eigenvalue weighted by molar-refractivity contribution is 0.395. The summed E-state index contributed by atoms with van der Waals surface area (Å²) in [6.07, 6.45) is 3.76. The van der Waals surface area contributed by atoms with Crippen LogP contribution in [-0.2, 0) is 6.54 Å². The van der Waals surface area contributed by atoms with Crippen LogP contribution >= 0.6 is 11.8 Å². The summed E-state index contributed by atoms with van der Waals surface area (Å²) in [4.78, 5) is 0. The maximum Gasteiger partial charge on any atom is 0.187 e. The van der Waals surface area contributed by atoms with Crippen molar-refractivity contribution in [3.63, 3.8) is 0 Å². The van der Waals surface area contributed by atoms with Crippen LogP contribution in [0.1, 0.15) is 24.8 Å². The van der Waals surface area contributed by atoms with Gasteiger partial charge in [0.15, 0.2) is 17.4 Å². The predicted octanol–water partition coefficient (Wildman–Crippen LogP) is 3.05. The molecule has 18 heavy (non-hydrogen) atoms. The summed E-state index contributed by atoms with van der Waals surface area (Å²) >= 11 is 1.96. The second-order valence-electron chi connectivity index (χ2n) is 4.53. The summed E-state index contributed by atoms with van der Waals surface area (Å²) in [5.74, 6) is -1.51. The number of rotatable bonds is 4. The van der Waals surface area contributed by atoms with E-state index in [-0.39, 0.29) is 0 Å². The molecule has 1 aromatic rings. The second-order valence-corrected chi connectivity index (χ2v) is 5.94. The van der Waals surface area contributed by atoms with Gasteiger partial charge in [0.25, 0.3) is 0 Å². The van der Waals surface area contributed by atoms with Gasteiger partial charge in [0.05, 0.1) is 0 Å². The van der Waals surface area contributed by atoms with Gasteiger partial charge < -0.3 is 10.4 Å². The van der Waals surface area contributed by atoms with E-state index in [1.165, 1.54) is 37.1 Å². The van der Waals surface area contributed by atoms with Crippen LogP contribution in [0.3, 0.4) is 0 Å². The molecule has 0 amide bonds. The molecule has 0 radical (unpaired) electrons. The predicted molar refractivity (Wildman–Crippen MR) is 69.8 cm³/mol. The maximum atomic E-state index is 13.1. The molecule has 0 aromatic heterocycles. The van der Waals surface area contributed by atoms with Crippen LogP contribution in [0.5, 0.6) is 5.75 Å². The summed E-state index contributed by atoms with van der Waals surface area (Å²) in [6.45, 7) is 1.28. The Morgan fingerprint density at radius 1 is 1.28 bits per heavy atom. The molecule has 1 aliphatic rings. The van der Waals surface area contributed by atoms with E-state index in [2.05, 4.69) is 5.32 Å². The topological polar surface area (TPSA) is 32.3 Å². The number of benzene rings is 1. The number of halogens is 2. The third-order valence-corrected chi connectivity index (χ3v) is 4.45. The highest BCUT2D eigenvalue weighted by molar-refractivity contribution is 7.99. The molecular formula is C13H17F2NOS. The minimum Gasteiger partial charge on any atom is -0.503 e. The van der Waals surface area contributed by atoms with Gasteiger partial charge in [-0.2, -0.15) is 11.8 Å². The van der Waals surface area contributed by atoms with Crippen LogP contribution in [-0.4, -0.2) is 22.7 Å². The van der Waals surface area contributed by atoms with Crippen LogP contribution in [0, 0.1) is 11.6 Å². The van der Waals surface area contributed by atoms with E-state index < -0.39 is 17.4 Å². The monoisotopic (exact) mass is 273 g/mol. The van der Waals surface area contributed by atoms with Crippen molar-refractivity contribution in [1.29, 1.82) is 0 Å². The van der Waals surface area contributed by atoms with Crippen LogP contribution in [0.2, 0.25) is 0 Å². The van der Waals surface area contributed by atoms with E-state index in [1.54, 1.807) is 0 Å². The third kappa shape index (κ3) is 3.59. The van der Waals surface area contributed by atoms with Crippen molar-refractivity contribution in [2.75, 3.05) is 12.3 Å². The number of aromatic hydroxyl groups is 1. The van der Waals surface area contributed by atoms with E-state index in [0.717, 1.165) is 6.54 Å². The third-order valence-electron chi connectivity index (χ3n) is 3.05. The van der Waals surface area contributed by atoms with Gasteiger partial charge in [-0.1, -0.05) is 6.42 Å². The summed E-state index contributed by atoms with van der Waals surface area (Å²) < 4.78 is 26.2. The number of phenols is 1. The van der Waals surface area contributed by atoms with Gasteiger partial charge in [-0.3, -0.25) is 0 Å².